The normalized spacial score (nSPS) is 27.3. The molecule has 66 valence electrons. The summed E-state index contributed by atoms with van der Waals surface area (Å²) in [5.41, 5.74) is 5.45. The minimum atomic E-state index is 0.292. The molecule has 1 saturated heterocycles. The molecule has 3 heteroatoms. The molecule has 1 heterocycles. The maximum Gasteiger partial charge on any atom is 0.0586 e. The first-order valence-electron chi connectivity index (χ1n) is 4.43. The number of hydrogen-bond donors (Lipinski definition) is 2. The van der Waals surface area contributed by atoms with Gasteiger partial charge in [0.1, 0.15) is 0 Å². The summed E-state index contributed by atoms with van der Waals surface area (Å²) in [7, 11) is 0. The van der Waals surface area contributed by atoms with E-state index in [4.69, 9.17) is 10.8 Å². The zero-order chi connectivity index (χ0) is 8.10. The third kappa shape index (κ3) is 2.43. The Balaban J connectivity index is 2.31. The molecule has 1 aliphatic rings. The maximum atomic E-state index is 9.01. The Morgan fingerprint density at radius 2 is 2.27 bits per heavy atom. The van der Waals surface area contributed by atoms with Gasteiger partial charge in [0, 0.05) is 19.1 Å². The number of aliphatic hydroxyl groups excluding tert-OH is 1. The van der Waals surface area contributed by atoms with Gasteiger partial charge < -0.3 is 10.8 Å². The quantitative estimate of drug-likeness (QED) is 0.597. The van der Waals surface area contributed by atoms with Gasteiger partial charge in [0.2, 0.25) is 0 Å². The van der Waals surface area contributed by atoms with Crippen LogP contribution in [0.15, 0.2) is 0 Å². The predicted molar refractivity (Wildman–Crippen MR) is 45.4 cm³/mol. The second-order valence-corrected chi connectivity index (χ2v) is 3.16. The molecule has 0 bridgehead atoms. The van der Waals surface area contributed by atoms with Gasteiger partial charge in [-0.15, -0.1) is 0 Å². The van der Waals surface area contributed by atoms with Crippen molar-refractivity contribution in [2.45, 2.75) is 25.3 Å². The fraction of sp³-hybridized carbons (Fsp3) is 1.00. The molecule has 0 saturated carbocycles. The van der Waals surface area contributed by atoms with Gasteiger partial charge in [-0.25, -0.2) is 0 Å². The number of aliphatic hydroxyl groups is 1. The third-order valence-corrected chi connectivity index (χ3v) is 2.38. The van der Waals surface area contributed by atoms with E-state index >= 15 is 0 Å². The van der Waals surface area contributed by atoms with Crippen molar-refractivity contribution in [3.63, 3.8) is 0 Å². The molecule has 0 aromatic heterocycles. The van der Waals surface area contributed by atoms with Crippen LogP contribution in [-0.2, 0) is 0 Å². The van der Waals surface area contributed by atoms with Gasteiger partial charge in [0.05, 0.1) is 6.61 Å². The minimum absolute atomic E-state index is 0.292. The fourth-order valence-corrected chi connectivity index (χ4v) is 1.73. The van der Waals surface area contributed by atoms with Gasteiger partial charge in [-0.3, -0.25) is 4.90 Å². The van der Waals surface area contributed by atoms with Gasteiger partial charge >= 0.3 is 0 Å². The summed E-state index contributed by atoms with van der Waals surface area (Å²) in [5.74, 6) is 0. The van der Waals surface area contributed by atoms with E-state index in [1.807, 2.05) is 0 Å². The number of nitrogens with zero attached hydrogens (tertiary/aromatic N) is 1. The van der Waals surface area contributed by atoms with E-state index in [0.717, 1.165) is 19.5 Å². The Morgan fingerprint density at radius 3 is 2.91 bits per heavy atom. The highest BCUT2D eigenvalue weighted by Gasteiger charge is 2.19. The van der Waals surface area contributed by atoms with Crippen LogP contribution in [0.5, 0.6) is 0 Å². The fourth-order valence-electron chi connectivity index (χ4n) is 1.73. The average Bonchev–Trinajstić information content (AvgIpc) is 2.06. The second-order valence-electron chi connectivity index (χ2n) is 3.16. The van der Waals surface area contributed by atoms with Crippen molar-refractivity contribution in [3.05, 3.63) is 0 Å². The molecule has 0 spiro atoms. The van der Waals surface area contributed by atoms with Crippen molar-refractivity contribution in [1.82, 2.24) is 4.90 Å². The van der Waals surface area contributed by atoms with E-state index in [1.54, 1.807) is 0 Å². The van der Waals surface area contributed by atoms with Crippen molar-refractivity contribution in [2.75, 3.05) is 26.2 Å². The number of likely N-dealkylation sites (tertiary alicyclic amines) is 1. The summed E-state index contributed by atoms with van der Waals surface area (Å²) in [6, 6.07) is 0.382. The van der Waals surface area contributed by atoms with Crippen LogP contribution in [0.2, 0.25) is 0 Å². The summed E-state index contributed by atoms with van der Waals surface area (Å²) in [6.45, 7) is 3.05. The molecule has 0 amide bonds. The molecular formula is C8H18N2O. The van der Waals surface area contributed by atoms with Crippen LogP contribution in [-0.4, -0.2) is 42.3 Å². The molecule has 0 unspecified atom stereocenters. The van der Waals surface area contributed by atoms with E-state index in [1.165, 1.54) is 12.8 Å². The SMILES string of the molecule is NCCN1CCCC[C@H]1CO. The Morgan fingerprint density at radius 1 is 1.45 bits per heavy atom. The Bertz CT molecular complexity index is 106. The molecule has 3 N–H and O–H groups in total. The third-order valence-electron chi connectivity index (χ3n) is 2.38. The molecule has 0 radical (unpaired) electrons. The largest absolute Gasteiger partial charge is 0.395 e. The van der Waals surface area contributed by atoms with E-state index < -0.39 is 0 Å². The number of nitrogens with two attached hydrogens (primary N) is 1. The van der Waals surface area contributed by atoms with Crippen LogP contribution in [0.3, 0.4) is 0 Å². The van der Waals surface area contributed by atoms with E-state index in [9.17, 15) is 0 Å². The average molecular weight is 158 g/mol. The molecule has 0 aromatic rings. The molecule has 3 nitrogen and oxygen atoms in total. The first kappa shape index (κ1) is 8.97. The molecule has 0 aliphatic carbocycles. The van der Waals surface area contributed by atoms with Crippen LogP contribution in [0, 0.1) is 0 Å². The van der Waals surface area contributed by atoms with Crippen LogP contribution in [0.1, 0.15) is 19.3 Å². The molecule has 1 aliphatic heterocycles. The van der Waals surface area contributed by atoms with Crippen molar-refractivity contribution < 1.29 is 5.11 Å². The standard InChI is InChI=1S/C8H18N2O/c9-4-6-10-5-2-1-3-8(10)7-11/h8,11H,1-7,9H2/t8-/m0/s1. The minimum Gasteiger partial charge on any atom is -0.395 e. The lowest BCUT2D eigenvalue weighted by Crippen LogP contribution is -2.44. The highest BCUT2D eigenvalue weighted by molar-refractivity contribution is 4.75. The summed E-state index contributed by atoms with van der Waals surface area (Å²) < 4.78 is 0. The van der Waals surface area contributed by atoms with Crippen molar-refractivity contribution >= 4 is 0 Å². The molecule has 1 atom stereocenters. The van der Waals surface area contributed by atoms with Gasteiger partial charge in [-0.2, -0.15) is 0 Å². The maximum absolute atomic E-state index is 9.01. The first-order valence-corrected chi connectivity index (χ1v) is 4.43. The molecule has 11 heavy (non-hydrogen) atoms. The van der Waals surface area contributed by atoms with Crippen molar-refractivity contribution in [2.24, 2.45) is 5.73 Å². The van der Waals surface area contributed by atoms with Crippen molar-refractivity contribution in [1.29, 1.82) is 0 Å². The Hall–Kier alpha value is -0.120. The van der Waals surface area contributed by atoms with Crippen LogP contribution in [0.4, 0.5) is 0 Å². The predicted octanol–water partition coefficient (Wildman–Crippen LogP) is -0.208. The lowest BCUT2D eigenvalue weighted by atomic mass is 10.0. The summed E-state index contributed by atoms with van der Waals surface area (Å²) in [5, 5.41) is 9.01. The van der Waals surface area contributed by atoms with Crippen molar-refractivity contribution in [3.8, 4) is 0 Å². The molecule has 1 fully saturated rings. The van der Waals surface area contributed by atoms with Crippen LogP contribution < -0.4 is 5.73 Å². The van der Waals surface area contributed by atoms with E-state index in [2.05, 4.69) is 4.90 Å². The topological polar surface area (TPSA) is 49.5 Å². The van der Waals surface area contributed by atoms with E-state index in [0.29, 0.717) is 19.2 Å². The second kappa shape index (κ2) is 4.70. The molecular weight excluding hydrogens is 140 g/mol. The summed E-state index contributed by atoms with van der Waals surface area (Å²) >= 11 is 0. The zero-order valence-corrected chi connectivity index (χ0v) is 7.00. The zero-order valence-electron chi connectivity index (χ0n) is 7.00. The monoisotopic (exact) mass is 158 g/mol. The number of rotatable bonds is 3. The van der Waals surface area contributed by atoms with E-state index in [-0.39, 0.29) is 0 Å². The number of piperidine rings is 1. The first-order chi connectivity index (χ1) is 5.38. The number of hydrogen-bond acceptors (Lipinski definition) is 3. The molecule has 0 aromatic carbocycles. The van der Waals surface area contributed by atoms with Crippen LogP contribution in [0.25, 0.3) is 0 Å². The van der Waals surface area contributed by atoms with Gasteiger partial charge in [-0.1, -0.05) is 6.42 Å². The Labute approximate surface area is 68.2 Å². The van der Waals surface area contributed by atoms with Gasteiger partial charge in [-0.05, 0) is 19.4 Å². The highest BCUT2D eigenvalue weighted by Crippen LogP contribution is 2.15. The lowest BCUT2D eigenvalue weighted by Gasteiger charge is -2.34. The van der Waals surface area contributed by atoms with Crippen LogP contribution >= 0.6 is 0 Å². The molecule has 1 rings (SSSR count). The summed E-state index contributed by atoms with van der Waals surface area (Å²) in [4.78, 5) is 2.30. The van der Waals surface area contributed by atoms with Gasteiger partial charge in [0.15, 0.2) is 0 Å². The summed E-state index contributed by atoms with van der Waals surface area (Å²) in [6.07, 6.45) is 3.65. The smallest absolute Gasteiger partial charge is 0.0586 e. The lowest BCUT2D eigenvalue weighted by molar-refractivity contribution is 0.0931. The highest BCUT2D eigenvalue weighted by atomic mass is 16.3. The van der Waals surface area contributed by atoms with Gasteiger partial charge in [0.25, 0.3) is 0 Å². The Kier molecular flexibility index (Phi) is 3.83.